The van der Waals surface area contributed by atoms with Crippen molar-refractivity contribution in [2.24, 2.45) is 5.92 Å². The molecule has 0 bridgehead atoms. The normalized spacial score (nSPS) is 12.5. The van der Waals surface area contributed by atoms with Crippen LogP contribution in [0.1, 0.15) is 13.8 Å². The smallest absolute Gasteiger partial charge is 0.119 e. The van der Waals surface area contributed by atoms with E-state index in [0.29, 0.717) is 18.6 Å². The predicted octanol–water partition coefficient (Wildman–Crippen LogP) is 2.33. The largest absolute Gasteiger partial charge is 0.497 e. The fourth-order valence-corrected chi connectivity index (χ4v) is 1.75. The Labute approximate surface area is 116 Å². The molecular weight excluding hydrogens is 242 g/mol. The Morgan fingerprint density at radius 2 is 1.68 bits per heavy atom. The lowest BCUT2D eigenvalue weighted by Gasteiger charge is -2.21. The molecule has 0 aliphatic rings. The summed E-state index contributed by atoms with van der Waals surface area (Å²) in [5.41, 5.74) is 0. The van der Waals surface area contributed by atoms with E-state index in [-0.39, 0.29) is 0 Å². The van der Waals surface area contributed by atoms with Gasteiger partial charge in [0.25, 0.3) is 0 Å². The van der Waals surface area contributed by atoms with E-state index in [1.54, 1.807) is 14.2 Å². The van der Waals surface area contributed by atoms with Gasteiger partial charge in [-0.15, -0.1) is 0 Å². The zero-order valence-corrected chi connectivity index (χ0v) is 12.3. The van der Waals surface area contributed by atoms with Crippen molar-refractivity contribution in [3.63, 3.8) is 0 Å². The molecule has 4 heteroatoms. The van der Waals surface area contributed by atoms with Crippen molar-refractivity contribution in [1.29, 1.82) is 0 Å². The van der Waals surface area contributed by atoms with Gasteiger partial charge in [0.1, 0.15) is 18.1 Å². The topological polar surface area (TPSA) is 39.7 Å². The average Bonchev–Trinajstić information content (AvgIpc) is 2.42. The maximum absolute atomic E-state index is 5.65. The number of hydrogen-bond donors (Lipinski definition) is 1. The molecule has 1 rings (SSSR count). The fourth-order valence-electron chi connectivity index (χ4n) is 1.75. The van der Waals surface area contributed by atoms with E-state index in [2.05, 4.69) is 19.2 Å². The molecule has 0 fully saturated rings. The van der Waals surface area contributed by atoms with Gasteiger partial charge in [-0.2, -0.15) is 0 Å². The second-order valence-electron chi connectivity index (χ2n) is 4.78. The SMILES string of the molecule is COCC(NCCOc1ccc(OC)cc1)C(C)C. The molecule has 108 valence electrons. The van der Waals surface area contributed by atoms with E-state index in [1.165, 1.54) is 0 Å². The van der Waals surface area contributed by atoms with Gasteiger partial charge in [0.15, 0.2) is 0 Å². The van der Waals surface area contributed by atoms with Gasteiger partial charge in [-0.05, 0) is 30.2 Å². The summed E-state index contributed by atoms with van der Waals surface area (Å²) in [4.78, 5) is 0. The number of hydrogen-bond acceptors (Lipinski definition) is 4. The van der Waals surface area contributed by atoms with E-state index in [1.807, 2.05) is 24.3 Å². The molecule has 1 unspecified atom stereocenters. The summed E-state index contributed by atoms with van der Waals surface area (Å²) in [6.07, 6.45) is 0. The van der Waals surface area contributed by atoms with Crippen LogP contribution in [-0.4, -0.2) is 40.0 Å². The minimum atomic E-state index is 0.365. The van der Waals surface area contributed by atoms with Crippen molar-refractivity contribution in [1.82, 2.24) is 5.32 Å². The van der Waals surface area contributed by atoms with Gasteiger partial charge < -0.3 is 19.5 Å². The minimum Gasteiger partial charge on any atom is -0.497 e. The second-order valence-corrected chi connectivity index (χ2v) is 4.78. The number of methoxy groups -OCH3 is 2. The van der Waals surface area contributed by atoms with Crippen molar-refractivity contribution in [2.45, 2.75) is 19.9 Å². The summed E-state index contributed by atoms with van der Waals surface area (Å²) in [6, 6.07) is 7.97. The Morgan fingerprint density at radius 1 is 1.05 bits per heavy atom. The van der Waals surface area contributed by atoms with E-state index < -0.39 is 0 Å². The third kappa shape index (κ3) is 5.94. The first-order valence-corrected chi connectivity index (χ1v) is 6.66. The molecule has 19 heavy (non-hydrogen) atoms. The Morgan fingerprint density at radius 3 is 2.21 bits per heavy atom. The van der Waals surface area contributed by atoms with Crippen LogP contribution in [0.25, 0.3) is 0 Å². The molecule has 0 saturated carbocycles. The monoisotopic (exact) mass is 267 g/mol. The quantitative estimate of drug-likeness (QED) is 0.697. The molecule has 4 nitrogen and oxygen atoms in total. The van der Waals surface area contributed by atoms with Crippen LogP contribution in [0.5, 0.6) is 11.5 Å². The van der Waals surface area contributed by atoms with Crippen molar-refractivity contribution >= 4 is 0 Å². The van der Waals surface area contributed by atoms with Gasteiger partial charge in [0.05, 0.1) is 13.7 Å². The van der Waals surface area contributed by atoms with Crippen LogP contribution in [0, 0.1) is 5.92 Å². The summed E-state index contributed by atoms with van der Waals surface area (Å²) in [5.74, 6) is 2.24. The van der Waals surface area contributed by atoms with Gasteiger partial charge in [0.2, 0.25) is 0 Å². The molecular formula is C15H25NO3. The lowest BCUT2D eigenvalue weighted by Crippen LogP contribution is -2.39. The molecule has 0 amide bonds. The molecule has 0 aliphatic heterocycles. The highest BCUT2D eigenvalue weighted by atomic mass is 16.5. The van der Waals surface area contributed by atoms with Crippen LogP contribution >= 0.6 is 0 Å². The van der Waals surface area contributed by atoms with Crippen molar-refractivity contribution < 1.29 is 14.2 Å². The van der Waals surface area contributed by atoms with E-state index in [9.17, 15) is 0 Å². The molecule has 0 spiro atoms. The highest BCUT2D eigenvalue weighted by Crippen LogP contribution is 2.16. The van der Waals surface area contributed by atoms with Crippen LogP contribution in [0.2, 0.25) is 0 Å². The Balaban J connectivity index is 2.25. The Hall–Kier alpha value is -1.26. The highest BCUT2D eigenvalue weighted by Gasteiger charge is 2.11. The van der Waals surface area contributed by atoms with Crippen LogP contribution in [0.15, 0.2) is 24.3 Å². The Bertz CT molecular complexity index is 338. The molecule has 0 radical (unpaired) electrons. The van der Waals surface area contributed by atoms with E-state index in [0.717, 1.165) is 24.7 Å². The number of ether oxygens (including phenoxy) is 3. The summed E-state index contributed by atoms with van der Waals surface area (Å²) in [5, 5.41) is 3.44. The number of nitrogens with one attached hydrogen (secondary N) is 1. The predicted molar refractivity (Wildman–Crippen MR) is 77.0 cm³/mol. The number of rotatable bonds is 9. The van der Waals surface area contributed by atoms with E-state index >= 15 is 0 Å². The fraction of sp³-hybridized carbons (Fsp3) is 0.600. The molecule has 0 aromatic heterocycles. The van der Waals surface area contributed by atoms with Gasteiger partial charge in [0, 0.05) is 19.7 Å². The van der Waals surface area contributed by atoms with Crippen molar-refractivity contribution in [2.75, 3.05) is 34.0 Å². The molecule has 1 N–H and O–H groups in total. The third-order valence-electron chi connectivity index (χ3n) is 2.99. The first-order valence-electron chi connectivity index (χ1n) is 6.66. The third-order valence-corrected chi connectivity index (χ3v) is 2.99. The van der Waals surface area contributed by atoms with Crippen LogP contribution in [0.4, 0.5) is 0 Å². The summed E-state index contributed by atoms with van der Waals surface area (Å²) in [7, 11) is 3.38. The maximum Gasteiger partial charge on any atom is 0.119 e. The average molecular weight is 267 g/mol. The van der Waals surface area contributed by atoms with Gasteiger partial charge >= 0.3 is 0 Å². The zero-order valence-electron chi connectivity index (χ0n) is 12.3. The first-order chi connectivity index (χ1) is 9.17. The summed E-state index contributed by atoms with van der Waals surface area (Å²) in [6.45, 7) is 6.53. The van der Waals surface area contributed by atoms with Gasteiger partial charge in [-0.1, -0.05) is 13.8 Å². The molecule has 1 aromatic carbocycles. The van der Waals surface area contributed by atoms with Crippen LogP contribution in [0.3, 0.4) is 0 Å². The molecule has 0 aliphatic carbocycles. The summed E-state index contributed by atoms with van der Waals surface area (Å²) >= 11 is 0. The lowest BCUT2D eigenvalue weighted by molar-refractivity contribution is 0.144. The maximum atomic E-state index is 5.65. The first kappa shape index (κ1) is 15.8. The van der Waals surface area contributed by atoms with Crippen LogP contribution < -0.4 is 14.8 Å². The molecule has 0 heterocycles. The number of benzene rings is 1. The molecule has 0 saturated heterocycles. The molecule has 1 aromatic rings. The zero-order chi connectivity index (χ0) is 14.1. The molecule has 1 atom stereocenters. The lowest BCUT2D eigenvalue weighted by atomic mass is 10.1. The van der Waals surface area contributed by atoms with E-state index in [4.69, 9.17) is 14.2 Å². The minimum absolute atomic E-state index is 0.365. The standard InChI is InChI=1S/C15H25NO3/c1-12(2)15(11-17-3)16-9-10-19-14-7-5-13(18-4)6-8-14/h5-8,12,15-16H,9-11H2,1-4H3. The van der Waals surface area contributed by atoms with Gasteiger partial charge in [-0.25, -0.2) is 0 Å². The van der Waals surface area contributed by atoms with Crippen molar-refractivity contribution in [3.05, 3.63) is 24.3 Å². The summed E-state index contributed by atoms with van der Waals surface area (Å²) < 4.78 is 15.9. The van der Waals surface area contributed by atoms with Crippen LogP contribution in [-0.2, 0) is 4.74 Å². The second kappa shape index (κ2) is 8.77. The van der Waals surface area contributed by atoms with Crippen molar-refractivity contribution in [3.8, 4) is 11.5 Å². The Kier molecular flexibility index (Phi) is 7.30. The van der Waals surface area contributed by atoms with Gasteiger partial charge in [-0.3, -0.25) is 0 Å². The highest BCUT2D eigenvalue weighted by molar-refractivity contribution is 5.31.